The van der Waals surface area contributed by atoms with Gasteiger partial charge in [-0.1, -0.05) is 24.6 Å². The molecule has 1 aromatic rings. The number of hydrogen-bond acceptors (Lipinski definition) is 2. The summed E-state index contributed by atoms with van der Waals surface area (Å²) in [5.41, 5.74) is 1.36. The molecule has 2 rings (SSSR count). The Hall–Kier alpha value is -1.56. The molecule has 22 heavy (non-hydrogen) atoms. The van der Waals surface area contributed by atoms with Gasteiger partial charge in [-0.25, -0.2) is 0 Å². The topological polar surface area (TPSA) is 38.3 Å². The summed E-state index contributed by atoms with van der Waals surface area (Å²) in [6.45, 7) is -0.0792. The maximum Gasteiger partial charge on any atom is 0.391 e. The van der Waals surface area contributed by atoms with E-state index in [0.29, 0.717) is 18.5 Å². The molecule has 1 amide bonds. The van der Waals surface area contributed by atoms with E-state index < -0.39 is 12.1 Å². The summed E-state index contributed by atoms with van der Waals surface area (Å²) in [7, 11) is 1.42. The monoisotopic (exact) mass is 315 g/mol. The number of carbonyl (C=O) groups is 1. The van der Waals surface area contributed by atoms with Gasteiger partial charge in [0.15, 0.2) is 0 Å². The fourth-order valence-corrected chi connectivity index (χ4v) is 3.05. The summed E-state index contributed by atoms with van der Waals surface area (Å²) in [6.07, 6.45) is -2.61. The van der Waals surface area contributed by atoms with Gasteiger partial charge in [-0.2, -0.15) is 13.2 Å². The lowest BCUT2D eigenvalue weighted by molar-refractivity contribution is -0.183. The minimum absolute atomic E-state index is 0.0792. The SMILES string of the molecule is COCC(=O)Nc1ccccc1C1CCCC(C(F)(F)F)C1. The number of anilines is 1. The number of nitrogens with one attached hydrogen (secondary N) is 1. The van der Waals surface area contributed by atoms with Crippen LogP contribution in [-0.4, -0.2) is 25.8 Å². The summed E-state index contributed by atoms with van der Waals surface area (Å²) in [5.74, 6) is -1.74. The van der Waals surface area contributed by atoms with E-state index in [4.69, 9.17) is 4.74 Å². The Morgan fingerprint density at radius 1 is 1.32 bits per heavy atom. The minimum Gasteiger partial charge on any atom is -0.375 e. The molecule has 2 atom stereocenters. The second-order valence-electron chi connectivity index (χ2n) is 5.67. The average molecular weight is 315 g/mol. The molecule has 1 aromatic carbocycles. The number of benzene rings is 1. The first-order valence-electron chi connectivity index (χ1n) is 7.36. The van der Waals surface area contributed by atoms with Gasteiger partial charge in [0.05, 0.1) is 5.92 Å². The predicted octanol–water partition coefficient (Wildman–Crippen LogP) is 4.11. The Morgan fingerprint density at radius 3 is 2.73 bits per heavy atom. The van der Waals surface area contributed by atoms with Crippen LogP contribution in [0.15, 0.2) is 24.3 Å². The highest BCUT2D eigenvalue weighted by Gasteiger charge is 2.42. The fourth-order valence-electron chi connectivity index (χ4n) is 3.05. The Balaban J connectivity index is 2.16. The molecule has 3 nitrogen and oxygen atoms in total. The molecule has 1 fully saturated rings. The number of amides is 1. The van der Waals surface area contributed by atoms with Crippen molar-refractivity contribution in [3.05, 3.63) is 29.8 Å². The number of rotatable bonds is 4. The van der Waals surface area contributed by atoms with E-state index in [1.54, 1.807) is 24.3 Å². The van der Waals surface area contributed by atoms with Crippen LogP contribution in [0.1, 0.15) is 37.2 Å². The third kappa shape index (κ3) is 4.22. The largest absolute Gasteiger partial charge is 0.391 e. The van der Waals surface area contributed by atoms with Gasteiger partial charge in [0.1, 0.15) is 6.61 Å². The van der Waals surface area contributed by atoms with Gasteiger partial charge in [-0.15, -0.1) is 0 Å². The van der Waals surface area contributed by atoms with Crippen LogP contribution in [0.25, 0.3) is 0 Å². The van der Waals surface area contributed by atoms with Gasteiger partial charge < -0.3 is 10.1 Å². The average Bonchev–Trinajstić information content (AvgIpc) is 2.47. The molecule has 1 saturated carbocycles. The predicted molar refractivity (Wildman–Crippen MR) is 77.7 cm³/mol. The van der Waals surface area contributed by atoms with Crippen molar-refractivity contribution in [3.63, 3.8) is 0 Å². The van der Waals surface area contributed by atoms with Crippen molar-refractivity contribution in [3.8, 4) is 0 Å². The number of methoxy groups -OCH3 is 1. The van der Waals surface area contributed by atoms with Crippen molar-refractivity contribution < 1.29 is 22.7 Å². The molecule has 0 bridgehead atoms. The molecule has 0 spiro atoms. The standard InChI is InChI=1S/C16H20F3NO2/c1-22-10-15(21)20-14-8-3-2-7-13(14)11-5-4-6-12(9-11)16(17,18)19/h2-3,7-8,11-12H,4-6,9-10H2,1H3,(H,20,21). The van der Waals surface area contributed by atoms with Crippen LogP contribution in [-0.2, 0) is 9.53 Å². The zero-order valence-electron chi connectivity index (χ0n) is 12.5. The minimum atomic E-state index is -4.15. The third-order valence-electron chi connectivity index (χ3n) is 4.09. The van der Waals surface area contributed by atoms with Gasteiger partial charge >= 0.3 is 6.18 Å². The molecular formula is C16H20F3NO2. The quantitative estimate of drug-likeness (QED) is 0.908. The zero-order valence-corrected chi connectivity index (χ0v) is 12.5. The number of ether oxygens (including phenoxy) is 1. The number of hydrogen-bond donors (Lipinski definition) is 1. The summed E-state index contributed by atoms with van der Waals surface area (Å²) in [4.78, 5) is 11.7. The van der Waals surface area contributed by atoms with Crippen molar-refractivity contribution in [2.75, 3.05) is 19.0 Å². The third-order valence-corrected chi connectivity index (χ3v) is 4.09. The molecule has 0 saturated heterocycles. The van der Waals surface area contributed by atoms with E-state index in [1.807, 2.05) is 0 Å². The molecule has 1 aliphatic carbocycles. The number of carbonyl (C=O) groups excluding carboxylic acids is 1. The normalized spacial score (nSPS) is 22.4. The van der Waals surface area contributed by atoms with Crippen LogP contribution in [0.5, 0.6) is 0 Å². The number of halogens is 3. The Labute approximate surface area is 127 Å². The zero-order chi connectivity index (χ0) is 16.2. The van der Waals surface area contributed by atoms with Gasteiger partial charge in [0.25, 0.3) is 0 Å². The first kappa shape index (κ1) is 16.8. The summed E-state index contributed by atoms with van der Waals surface area (Å²) in [6, 6.07) is 7.07. The molecule has 2 unspecified atom stereocenters. The van der Waals surface area contributed by atoms with Gasteiger partial charge in [0, 0.05) is 12.8 Å². The van der Waals surface area contributed by atoms with Crippen LogP contribution in [0.2, 0.25) is 0 Å². The van der Waals surface area contributed by atoms with E-state index in [-0.39, 0.29) is 31.3 Å². The van der Waals surface area contributed by atoms with Gasteiger partial charge in [0.2, 0.25) is 5.91 Å². The van der Waals surface area contributed by atoms with E-state index >= 15 is 0 Å². The van der Waals surface area contributed by atoms with Crippen molar-refractivity contribution in [1.82, 2.24) is 0 Å². The highest BCUT2D eigenvalue weighted by Crippen LogP contribution is 2.45. The van der Waals surface area contributed by atoms with Crippen LogP contribution < -0.4 is 5.32 Å². The first-order valence-corrected chi connectivity index (χ1v) is 7.36. The molecule has 1 N–H and O–H groups in total. The summed E-state index contributed by atoms with van der Waals surface area (Å²) in [5, 5.41) is 2.72. The van der Waals surface area contributed by atoms with Crippen molar-refractivity contribution in [1.29, 1.82) is 0 Å². The lowest BCUT2D eigenvalue weighted by Gasteiger charge is -2.31. The molecule has 0 aromatic heterocycles. The maximum atomic E-state index is 13.0. The lowest BCUT2D eigenvalue weighted by atomic mass is 9.77. The van der Waals surface area contributed by atoms with Crippen LogP contribution in [0.3, 0.4) is 0 Å². The molecule has 6 heteroatoms. The molecule has 0 radical (unpaired) electrons. The molecule has 0 aliphatic heterocycles. The number of alkyl halides is 3. The molecule has 122 valence electrons. The highest BCUT2D eigenvalue weighted by atomic mass is 19.4. The maximum absolute atomic E-state index is 13.0. The lowest BCUT2D eigenvalue weighted by Crippen LogP contribution is -2.28. The molecule has 1 aliphatic rings. The first-order chi connectivity index (χ1) is 10.4. The van der Waals surface area contributed by atoms with Crippen molar-refractivity contribution in [2.45, 2.75) is 37.8 Å². The highest BCUT2D eigenvalue weighted by molar-refractivity contribution is 5.92. The van der Waals surface area contributed by atoms with Gasteiger partial charge in [-0.3, -0.25) is 4.79 Å². The Kier molecular flexibility index (Phi) is 5.45. The second-order valence-corrected chi connectivity index (χ2v) is 5.67. The van der Waals surface area contributed by atoms with Crippen molar-refractivity contribution >= 4 is 11.6 Å². The smallest absolute Gasteiger partial charge is 0.375 e. The summed E-state index contributed by atoms with van der Waals surface area (Å²) < 4.78 is 43.6. The van der Waals surface area contributed by atoms with E-state index in [2.05, 4.69) is 5.32 Å². The van der Waals surface area contributed by atoms with E-state index in [0.717, 1.165) is 5.56 Å². The van der Waals surface area contributed by atoms with E-state index in [1.165, 1.54) is 7.11 Å². The number of para-hydroxylation sites is 1. The van der Waals surface area contributed by atoms with Crippen LogP contribution >= 0.6 is 0 Å². The Morgan fingerprint density at radius 2 is 2.05 bits per heavy atom. The van der Waals surface area contributed by atoms with Gasteiger partial charge in [-0.05, 0) is 36.8 Å². The second kappa shape index (κ2) is 7.13. The molecular weight excluding hydrogens is 295 g/mol. The van der Waals surface area contributed by atoms with Crippen molar-refractivity contribution in [2.24, 2.45) is 5.92 Å². The van der Waals surface area contributed by atoms with Crippen LogP contribution in [0.4, 0.5) is 18.9 Å². The summed E-state index contributed by atoms with van der Waals surface area (Å²) >= 11 is 0. The fraction of sp³-hybridized carbons (Fsp3) is 0.562. The van der Waals surface area contributed by atoms with Crippen LogP contribution in [0, 0.1) is 5.92 Å². The Bertz CT molecular complexity index is 516. The van der Waals surface area contributed by atoms with E-state index in [9.17, 15) is 18.0 Å². The molecule has 0 heterocycles.